The SMILES string of the molecule is CC(C)N1c2c(F)cccc2CC1CCN. The van der Waals surface area contributed by atoms with E-state index in [2.05, 4.69) is 18.7 Å². The predicted octanol–water partition coefficient (Wildman–Crippen LogP) is 2.31. The van der Waals surface area contributed by atoms with E-state index in [0.717, 1.165) is 24.1 Å². The third-order valence-corrected chi connectivity index (χ3v) is 3.23. The molecular weight excluding hydrogens is 203 g/mol. The summed E-state index contributed by atoms with van der Waals surface area (Å²) in [5.74, 6) is -0.106. The van der Waals surface area contributed by atoms with Crippen LogP contribution in [0.5, 0.6) is 0 Å². The molecule has 0 bridgehead atoms. The number of nitrogens with two attached hydrogens (primary N) is 1. The standard InChI is InChI=1S/C13H19FN2/c1-9(2)16-11(6-7-15)8-10-4-3-5-12(14)13(10)16/h3-5,9,11H,6-8,15H2,1-2H3. The van der Waals surface area contributed by atoms with Gasteiger partial charge in [-0.05, 0) is 44.9 Å². The van der Waals surface area contributed by atoms with Gasteiger partial charge in [0.1, 0.15) is 5.82 Å². The highest BCUT2D eigenvalue weighted by molar-refractivity contribution is 5.61. The smallest absolute Gasteiger partial charge is 0.146 e. The van der Waals surface area contributed by atoms with Crippen molar-refractivity contribution in [3.05, 3.63) is 29.6 Å². The van der Waals surface area contributed by atoms with Gasteiger partial charge in [0.2, 0.25) is 0 Å². The molecule has 1 heterocycles. The molecule has 2 N–H and O–H groups in total. The van der Waals surface area contributed by atoms with Crippen LogP contribution in [-0.2, 0) is 6.42 Å². The topological polar surface area (TPSA) is 29.3 Å². The fourth-order valence-electron chi connectivity index (χ4n) is 2.66. The Hall–Kier alpha value is -1.09. The van der Waals surface area contributed by atoms with Crippen LogP contribution in [0.3, 0.4) is 0 Å². The molecule has 0 aromatic heterocycles. The highest BCUT2D eigenvalue weighted by Gasteiger charge is 2.32. The molecule has 1 aliphatic heterocycles. The molecule has 0 saturated heterocycles. The Kier molecular flexibility index (Phi) is 3.15. The van der Waals surface area contributed by atoms with Crippen molar-refractivity contribution in [3.63, 3.8) is 0 Å². The fraction of sp³-hybridized carbons (Fsp3) is 0.538. The second-order valence-corrected chi connectivity index (χ2v) is 4.68. The lowest BCUT2D eigenvalue weighted by Crippen LogP contribution is -2.39. The first-order valence-corrected chi connectivity index (χ1v) is 5.91. The molecule has 0 saturated carbocycles. The summed E-state index contributed by atoms with van der Waals surface area (Å²) in [6, 6.07) is 6.02. The second kappa shape index (κ2) is 4.42. The average molecular weight is 222 g/mol. The lowest BCUT2D eigenvalue weighted by Gasteiger charge is -2.31. The lowest BCUT2D eigenvalue weighted by atomic mass is 10.1. The van der Waals surface area contributed by atoms with E-state index < -0.39 is 0 Å². The largest absolute Gasteiger partial charge is 0.363 e. The zero-order valence-electron chi connectivity index (χ0n) is 9.91. The van der Waals surface area contributed by atoms with Crippen molar-refractivity contribution in [2.24, 2.45) is 5.73 Å². The zero-order chi connectivity index (χ0) is 11.7. The summed E-state index contributed by atoms with van der Waals surface area (Å²) >= 11 is 0. The normalized spacial score (nSPS) is 19.3. The number of benzene rings is 1. The van der Waals surface area contributed by atoms with Gasteiger partial charge in [-0.1, -0.05) is 12.1 Å². The van der Waals surface area contributed by atoms with Gasteiger partial charge in [0.15, 0.2) is 0 Å². The highest BCUT2D eigenvalue weighted by atomic mass is 19.1. The Bertz CT molecular complexity index is 376. The quantitative estimate of drug-likeness (QED) is 0.850. The first-order chi connectivity index (χ1) is 7.65. The van der Waals surface area contributed by atoms with Crippen LogP contribution >= 0.6 is 0 Å². The van der Waals surface area contributed by atoms with Gasteiger partial charge in [-0.25, -0.2) is 4.39 Å². The van der Waals surface area contributed by atoms with E-state index in [1.165, 1.54) is 0 Å². The molecule has 3 heteroatoms. The number of rotatable bonds is 3. The Morgan fingerprint density at radius 2 is 2.25 bits per heavy atom. The number of fused-ring (bicyclic) bond motifs is 1. The molecule has 1 aliphatic rings. The van der Waals surface area contributed by atoms with E-state index in [-0.39, 0.29) is 5.82 Å². The van der Waals surface area contributed by atoms with Gasteiger partial charge in [-0.15, -0.1) is 0 Å². The molecule has 0 aliphatic carbocycles. The van der Waals surface area contributed by atoms with E-state index in [0.29, 0.717) is 18.6 Å². The van der Waals surface area contributed by atoms with E-state index in [1.54, 1.807) is 12.1 Å². The Labute approximate surface area is 96.2 Å². The number of anilines is 1. The van der Waals surface area contributed by atoms with Crippen molar-refractivity contribution in [2.75, 3.05) is 11.4 Å². The molecule has 1 unspecified atom stereocenters. The Morgan fingerprint density at radius 1 is 1.50 bits per heavy atom. The summed E-state index contributed by atoms with van der Waals surface area (Å²) in [6.45, 7) is 4.86. The highest BCUT2D eigenvalue weighted by Crippen LogP contribution is 2.36. The number of hydrogen-bond donors (Lipinski definition) is 1. The summed E-state index contributed by atoms with van der Waals surface area (Å²) in [4.78, 5) is 2.18. The van der Waals surface area contributed by atoms with Gasteiger partial charge in [0.25, 0.3) is 0 Å². The van der Waals surface area contributed by atoms with Crippen LogP contribution in [-0.4, -0.2) is 18.6 Å². The molecule has 1 atom stereocenters. The zero-order valence-corrected chi connectivity index (χ0v) is 9.91. The number of nitrogens with zero attached hydrogens (tertiary/aromatic N) is 1. The molecule has 16 heavy (non-hydrogen) atoms. The van der Waals surface area contributed by atoms with Crippen LogP contribution < -0.4 is 10.6 Å². The summed E-state index contributed by atoms with van der Waals surface area (Å²) in [5, 5.41) is 0. The van der Waals surface area contributed by atoms with Gasteiger partial charge in [-0.2, -0.15) is 0 Å². The van der Waals surface area contributed by atoms with Crippen molar-refractivity contribution < 1.29 is 4.39 Å². The summed E-state index contributed by atoms with van der Waals surface area (Å²) in [6.07, 6.45) is 1.84. The molecule has 0 fully saturated rings. The Morgan fingerprint density at radius 3 is 2.88 bits per heavy atom. The fourth-order valence-corrected chi connectivity index (χ4v) is 2.66. The van der Waals surface area contributed by atoms with Gasteiger partial charge >= 0.3 is 0 Å². The van der Waals surface area contributed by atoms with Gasteiger partial charge in [0, 0.05) is 12.1 Å². The van der Waals surface area contributed by atoms with Crippen LogP contribution in [0.4, 0.5) is 10.1 Å². The maximum Gasteiger partial charge on any atom is 0.146 e. The van der Waals surface area contributed by atoms with Gasteiger partial charge < -0.3 is 10.6 Å². The minimum absolute atomic E-state index is 0.106. The van der Waals surface area contributed by atoms with Crippen LogP contribution in [0.25, 0.3) is 0 Å². The first-order valence-electron chi connectivity index (χ1n) is 5.91. The molecule has 2 nitrogen and oxygen atoms in total. The first kappa shape index (κ1) is 11.4. The van der Waals surface area contributed by atoms with Crippen molar-refractivity contribution in [3.8, 4) is 0 Å². The Balaban J connectivity index is 2.38. The van der Waals surface area contributed by atoms with Crippen LogP contribution in [0, 0.1) is 5.82 Å². The van der Waals surface area contributed by atoms with Crippen molar-refractivity contribution in [1.82, 2.24) is 0 Å². The van der Waals surface area contributed by atoms with E-state index in [4.69, 9.17) is 5.73 Å². The van der Waals surface area contributed by atoms with Crippen LogP contribution in [0.1, 0.15) is 25.8 Å². The monoisotopic (exact) mass is 222 g/mol. The maximum atomic E-state index is 13.8. The third kappa shape index (κ3) is 1.80. The molecular formula is C13H19FN2. The van der Waals surface area contributed by atoms with E-state index >= 15 is 0 Å². The van der Waals surface area contributed by atoms with E-state index in [9.17, 15) is 4.39 Å². The number of halogens is 1. The molecule has 1 aromatic rings. The average Bonchev–Trinajstić information content (AvgIpc) is 2.58. The summed E-state index contributed by atoms with van der Waals surface area (Å²) in [5.41, 5.74) is 7.53. The van der Waals surface area contributed by atoms with Crippen molar-refractivity contribution >= 4 is 5.69 Å². The van der Waals surface area contributed by atoms with Crippen LogP contribution in [0.2, 0.25) is 0 Å². The minimum atomic E-state index is -0.106. The molecule has 0 amide bonds. The van der Waals surface area contributed by atoms with Crippen LogP contribution in [0.15, 0.2) is 18.2 Å². The molecule has 1 aromatic carbocycles. The van der Waals surface area contributed by atoms with Crippen molar-refractivity contribution in [2.45, 2.75) is 38.8 Å². The maximum absolute atomic E-state index is 13.8. The number of hydrogen-bond acceptors (Lipinski definition) is 2. The lowest BCUT2D eigenvalue weighted by molar-refractivity contribution is 0.530. The van der Waals surface area contributed by atoms with Gasteiger partial charge in [-0.3, -0.25) is 0 Å². The second-order valence-electron chi connectivity index (χ2n) is 4.68. The minimum Gasteiger partial charge on any atom is -0.363 e. The molecule has 88 valence electrons. The molecule has 0 spiro atoms. The summed E-state index contributed by atoms with van der Waals surface area (Å²) in [7, 11) is 0. The number of para-hydroxylation sites is 1. The van der Waals surface area contributed by atoms with E-state index in [1.807, 2.05) is 6.07 Å². The predicted molar refractivity (Wildman–Crippen MR) is 65.2 cm³/mol. The summed E-state index contributed by atoms with van der Waals surface area (Å²) < 4.78 is 13.8. The molecule has 2 rings (SSSR count). The van der Waals surface area contributed by atoms with Gasteiger partial charge in [0.05, 0.1) is 5.69 Å². The molecule has 0 radical (unpaired) electrons. The third-order valence-electron chi connectivity index (χ3n) is 3.23. The van der Waals surface area contributed by atoms with Crippen molar-refractivity contribution in [1.29, 1.82) is 0 Å².